The van der Waals surface area contributed by atoms with Crippen LogP contribution < -0.4 is 4.90 Å². The topological polar surface area (TPSA) is 51.7 Å². The Balaban J connectivity index is 1.63. The van der Waals surface area contributed by atoms with Crippen molar-refractivity contribution < 1.29 is 14.3 Å². The number of ether oxygens (including phenoxy) is 2. The van der Waals surface area contributed by atoms with E-state index in [1.807, 2.05) is 30.2 Å². The molecule has 5 nitrogen and oxygen atoms in total. The number of amides is 1. The Morgan fingerprint density at radius 3 is 2.75 bits per heavy atom. The molecule has 1 aliphatic heterocycles. The summed E-state index contributed by atoms with van der Waals surface area (Å²) < 4.78 is 11.2. The smallest absolute Gasteiger partial charge is 0.254 e. The highest BCUT2D eigenvalue weighted by molar-refractivity contribution is 5.94. The van der Waals surface area contributed by atoms with Gasteiger partial charge >= 0.3 is 0 Å². The highest BCUT2D eigenvalue weighted by atomic mass is 16.5. The molecule has 0 aromatic carbocycles. The van der Waals surface area contributed by atoms with Gasteiger partial charge in [-0.15, -0.1) is 0 Å². The average Bonchev–Trinajstić information content (AvgIpc) is 3.11. The molecule has 1 saturated carbocycles. The second kappa shape index (κ2) is 8.58. The summed E-state index contributed by atoms with van der Waals surface area (Å²) in [5.74, 6) is 0.759. The number of anilines is 1. The van der Waals surface area contributed by atoms with Gasteiger partial charge in [0.1, 0.15) is 12.4 Å². The average molecular weight is 332 g/mol. The number of aromatic nitrogens is 1. The maximum absolute atomic E-state index is 12.8. The van der Waals surface area contributed by atoms with E-state index in [2.05, 4.69) is 4.98 Å². The molecule has 0 N–H and O–H groups in total. The Morgan fingerprint density at radius 1 is 1.25 bits per heavy atom. The molecule has 5 heteroatoms. The van der Waals surface area contributed by atoms with Crippen molar-refractivity contribution in [2.45, 2.75) is 64.0 Å². The van der Waals surface area contributed by atoms with Crippen molar-refractivity contribution in [2.24, 2.45) is 0 Å². The van der Waals surface area contributed by atoms with E-state index >= 15 is 0 Å². The van der Waals surface area contributed by atoms with Crippen molar-refractivity contribution in [1.82, 2.24) is 4.98 Å². The lowest BCUT2D eigenvalue weighted by Crippen LogP contribution is -2.44. The number of nitrogens with zero attached hydrogens (tertiary/aromatic N) is 2. The van der Waals surface area contributed by atoms with Crippen LogP contribution in [0.3, 0.4) is 0 Å². The van der Waals surface area contributed by atoms with E-state index in [0.29, 0.717) is 6.61 Å². The number of carbonyl (C=O) groups is 1. The van der Waals surface area contributed by atoms with Crippen LogP contribution in [0.15, 0.2) is 18.3 Å². The van der Waals surface area contributed by atoms with E-state index < -0.39 is 0 Å². The molecule has 2 fully saturated rings. The summed E-state index contributed by atoms with van der Waals surface area (Å²) in [5.41, 5.74) is 1.10. The van der Waals surface area contributed by atoms with E-state index in [0.717, 1.165) is 43.7 Å². The number of pyridine rings is 1. The minimum Gasteiger partial charge on any atom is -0.376 e. The molecule has 1 saturated heterocycles. The van der Waals surface area contributed by atoms with Crippen molar-refractivity contribution in [3.8, 4) is 0 Å². The van der Waals surface area contributed by atoms with Gasteiger partial charge in [-0.2, -0.15) is 0 Å². The second-order valence-corrected chi connectivity index (χ2v) is 6.90. The Labute approximate surface area is 144 Å². The monoisotopic (exact) mass is 332 g/mol. The molecule has 1 atom stereocenters. The van der Waals surface area contributed by atoms with E-state index in [4.69, 9.17) is 9.47 Å². The van der Waals surface area contributed by atoms with Crippen LogP contribution in [0.1, 0.15) is 50.5 Å². The molecule has 24 heavy (non-hydrogen) atoms. The van der Waals surface area contributed by atoms with Crippen molar-refractivity contribution in [3.05, 3.63) is 23.9 Å². The zero-order valence-electron chi connectivity index (χ0n) is 14.6. The Hall–Kier alpha value is -1.46. The van der Waals surface area contributed by atoms with Crippen LogP contribution in [0.5, 0.6) is 0 Å². The lowest BCUT2D eigenvalue weighted by atomic mass is 9.94. The van der Waals surface area contributed by atoms with Crippen molar-refractivity contribution in [3.63, 3.8) is 0 Å². The van der Waals surface area contributed by atoms with Crippen LogP contribution in [0.25, 0.3) is 0 Å². The molecule has 1 aliphatic carbocycles. The predicted molar refractivity (Wildman–Crippen MR) is 93.1 cm³/mol. The van der Waals surface area contributed by atoms with Gasteiger partial charge in [-0.05, 0) is 44.2 Å². The summed E-state index contributed by atoms with van der Waals surface area (Å²) in [6.45, 7) is 3.43. The summed E-state index contributed by atoms with van der Waals surface area (Å²) in [7, 11) is 0. The molecular formula is C19H28N2O3. The first-order valence-electron chi connectivity index (χ1n) is 9.18. The molecule has 1 aromatic heterocycles. The first-order valence-corrected chi connectivity index (χ1v) is 9.18. The van der Waals surface area contributed by atoms with Gasteiger partial charge in [0.25, 0.3) is 5.91 Å². The third-order valence-electron chi connectivity index (χ3n) is 4.90. The molecule has 1 aromatic rings. The highest BCUT2D eigenvalue weighted by Gasteiger charge is 2.28. The Kier molecular flexibility index (Phi) is 6.21. The van der Waals surface area contributed by atoms with E-state index in [9.17, 15) is 4.79 Å². The Morgan fingerprint density at radius 2 is 2.08 bits per heavy atom. The van der Waals surface area contributed by atoms with Crippen LogP contribution in [0, 0.1) is 6.92 Å². The van der Waals surface area contributed by atoms with E-state index in [1.165, 1.54) is 19.3 Å². The standard InChI is InChI=1S/C19H28N2O3/c1-15-9-10-18(20-12-15)21(16-6-3-2-4-7-16)19(22)14-23-13-17-8-5-11-24-17/h9-10,12,16-17H,2-8,11,13-14H2,1H3/t17-/m0/s1. The fraction of sp³-hybridized carbons (Fsp3) is 0.684. The summed E-state index contributed by atoms with van der Waals surface area (Å²) in [4.78, 5) is 19.2. The minimum atomic E-state index is 0.0104. The lowest BCUT2D eigenvalue weighted by Gasteiger charge is -2.33. The lowest BCUT2D eigenvalue weighted by molar-refractivity contribution is -0.124. The largest absolute Gasteiger partial charge is 0.376 e. The SMILES string of the molecule is Cc1ccc(N(C(=O)COC[C@@H]2CCCO2)C2CCCCC2)nc1. The molecule has 0 radical (unpaired) electrons. The third kappa shape index (κ3) is 4.54. The maximum atomic E-state index is 12.8. The van der Waals surface area contributed by atoms with Crippen molar-refractivity contribution in [2.75, 3.05) is 24.7 Å². The van der Waals surface area contributed by atoms with Gasteiger partial charge in [0.2, 0.25) is 0 Å². The number of rotatable bonds is 6. The third-order valence-corrected chi connectivity index (χ3v) is 4.90. The number of carbonyl (C=O) groups excluding carboxylic acids is 1. The van der Waals surface area contributed by atoms with Crippen LogP contribution in [-0.4, -0.2) is 42.9 Å². The van der Waals surface area contributed by atoms with E-state index in [1.54, 1.807) is 0 Å². The minimum absolute atomic E-state index is 0.0104. The summed E-state index contributed by atoms with van der Waals surface area (Å²) in [6.07, 6.45) is 9.80. The first kappa shape index (κ1) is 17.4. The van der Waals surface area contributed by atoms with Gasteiger partial charge in [-0.1, -0.05) is 25.3 Å². The summed E-state index contributed by atoms with van der Waals surface area (Å²) in [6, 6.07) is 4.20. The fourth-order valence-electron chi connectivity index (χ4n) is 3.58. The normalized spacial score (nSPS) is 21.8. The van der Waals surface area contributed by atoms with Gasteiger partial charge in [0.15, 0.2) is 0 Å². The first-order chi connectivity index (χ1) is 11.7. The van der Waals surface area contributed by atoms with Gasteiger partial charge in [0, 0.05) is 18.8 Å². The molecule has 0 unspecified atom stereocenters. The van der Waals surface area contributed by atoms with Crippen molar-refractivity contribution in [1.29, 1.82) is 0 Å². The highest BCUT2D eigenvalue weighted by Crippen LogP contribution is 2.26. The number of aryl methyl sites for hydroxylation is 1. The molecule has 0 bridgehead atoms. The van der Waals surface area contributed by atoms with Gasteiger partial charge in [-0.3, -0.25) is 9.69 Å². The van der Waals surface area contributed by atoms with Gasteiger partial charge in [0.05, 0.1) is 12.7 Å². The quantitative estimate of drug-likeness (QED) is 0.802. The van der Waals surface area contributed by atoms with Gasteiger partial charge in [-0.25, -0.2) is 4.98 Å². The zero-order valence-corrected chi connectivity index (χ0v) is 14.6. The van der Waals surface area contributed by atoms with Crippen LogP contribution >= 0.6 is 0 Å². The molecule has 1 amide bonds. The summed E-state index contributed by atoms with van der Waals surface area (Å²) in [5, 5.41) is 0. The fourth-order valence-corrected chi connectivity index (χ4v) is 3.58. The molecule has 2 aliphatic rings. The molecule has 132 valence electrons. The van der Waals surface area contributed by atoms with Gasteiger partial charge < -0.3 is 9.47 Å². The Bertz CT molecular complexity index is 520. The molecule has 3 rings (SSSR count). The molecule has 2 heterocycles. The molecule has 0 spiro atoms. The van der Waals surface area contributed by atoms with E-state index in [-0.39, 0.29) is 24.7 Å². The number of hydrogen-bond acceptors (Lipinski definition) is 4. The second-order valence-electron chi connectivity index (χ2n) is 6.90. The predicted octanol–water partition coefficient (Wildman–Crippen LogP) is 3.25. The molecular weight excluding hydrogens is 304 g/mol. The maximum Gasteiger partial charge on any atom is 0.254 e. The van der Waals surface area contributed by atoms with Crippen LogP contribution in [0.4, 0.5) is 5.82 Å². The summed E-state index contributed by atoms with van der Waals surface area (Å²) >= 11 is 0. The van der Waals surface area contributed by atoms with Crippen LogP contribution in [0.2, 0.25) is 0 Å². The number of hydrogen-bond donors (Lipinski definition) is 0. The van der Waals surface area contributed by atoms with Crippen molar-refractivity contribution >= 4 is 11.7 Å². The zero-order chi connectivity index (χ0) is 16.8. The van der Waals surface area contributed by atoms with Crippen LogP contribution in [-0.2, 0) is 14.3 Å².